The number of halogens is 2. The second-order valence-electron chi connectivity index (χ2n) is 7.34. The first-order chi connectivity index (χ1) is 13.9. The van der Waals surface area contributed by atoms with E-state index in [1.807, 2.05) is 12.1 Å². The predicted molar refractivity (Wildman–Crippen MR) is 113 cm³/mol. The average Bonchev–Trinajstić information content (AvgIpc) is 2.93. The molecule has 2 aliphatic rings. The predicted octanol–water partition coefficient (Wildman–Crippen LogP) is 2.77. The lowest BCUT2D eigenvalue weighted by Gasteiger charge is -2.37. The molecule has 0 spiro atoms. The summed E-state index contributed by atoms with van der Waals surface area (Å²) in [5.74, 6) is -0.681. The van der Waals surface area contributed by atoms with Gasteiger partial charge in [-0.3, -0.25) is 19.4 Å². The molecule has 8 heteroatoms. The molecule has 0 saturated carbocycles. The third kappa shape index (κ3) is 4.26. The second kappa shape index (κ2) is 8.32. The summed E-state index contributed by atoms with van der Waals surface area (Å²) >= 11 is 12.2. The van der Waals surface area contributed by atoms with E-state index in [1.165, 1.54) is 0 Å². The van der Waals surface area contributed by atoms with Crippen LogP contribution in [0.1, 0.15) is 20.7 Å². The zero-order valence-electron chi connectivity index (χ0n) is 15.7. The van der Waals surface area contributed by atoms with E-state index in [0.717, 1.165) is 36.8 Å². The third-order valence-electron chi connectivity index (χ3n) is 5.33. The van der Waals surface area contributed by atoms with Crippen LogP contribution >= 0.6 is 23.2 Å². The Labute approximate surface area is 179 Å². The van der Waals surface area contributed by atoms with Crippen LogP contribution in [0.2, 0.25) is 10.0 Å². The Balaban J connectivity index is 1.31. The first-order valence-corrected chi connectivity index (χ1v) is 10.2. The number of β-amino-alcohol motifs (C(OH)–C–C–N with tert-alkyl or cyclic N) is 1. The molecule has 1 N–H and O–H groups in total. The summed E-state index contributed by atoms with van der Waals surface area (Å²) in [4.78, 5) is 30.4. The lowest BCUT2D eigenvalue weighted by molar-refractivity contribution is 0.0469. The molecule has 0 radical (unpaired) electrons. The maximum Gasteiger partial charge on any atom is 0.261 e. The molecule has 1 saturated heterocycles. The molecule has 0 aromatic heterocycles. The van der Waals surface area contributed by atoms with E-state index < -0.39 is 6.10 Å². The van der Waals surface area contributed by atoms with Gasteiger partial charge in [-0.15, -0.1) is 0 Å². The topological polar surface area (TPSA) is 64.1 Å². The molecule has 0 aliphatic carbocycles. The number of amides is 2. The molecular formula is C21H21Cl2N3O3. The summed E-state index contributed by atoms with van der Waals surface area (Å²) in [6, 6.07) is 12.2. The minimum absolute atomic E-state index is 0.00351. The van der Waals surface area contributed by atoms with E-state index in [0.29, 0.717) is 27.7 Å². The highest BCUT2D eigenvalue weighted by molar-refractivity contribution is 6.35. The normalized spacial score (nSPS) is 18.3. The van der Waals surface area contributed by atoms with Gasteiger partial charge in [-0.25, -0.2) is 0 Å². The number of hydrogen-bond donors (Lipinski definition) is 1. The van der Waals surface area contributed by atoms with Crippen LogP contribution in [-0.2, 0) is 0 Å². The van der Waals surface area contributed by atoms with Crippen molar-refractivity contribution in [2.24, 2.45) is 0 Å². The standard InChI is InChI=1S/C21H21Cl2N3O3/c22-14-9-15(23)11-16(10-14)25-7-5-24(6-8-25)12-17(27)13-26-20(28)18-3-1-2-4-19(18)21(26)29/h1-4,9-11,17,27H,5-8,12-13H2. The van der Waals surface area contributed by atoms with E-state index in [4.69, 9.17) is 23.2 Å². The lowest BCUT2D eigenvalue weighted by Crippen LogP contribution is -2.50. The van der Waals surface area contributed by atoms with Gasteiger partial charge in [-0.05, 0) is 30.3 Å². The van der Waals surface area contributed by atoms with Gasteiger partial charge in [0.1, 0.15) is 0 Å². The zero-order chi connectivity index (χ0) is 20.5. The summed E-state index contributed by atoms with van der Waals surface area (Å²) < 4.78 is 0. The van der Waals surface area contributed by atoms with Gasteiger partial charge in [0.2, 0.25) is 0 Å². The van der Waals surface area contributed by atoms with Crippen LogP contribution in [0.25, 0.3) is 0 Å². The summed E-state index contributed by atoms with van der Waals surface area (Å²) in [5, 5.41) is 11.7. The van der Waals surface area contributed by atoms with Crippen LogP contribution in [0.15, 0.2) is 42.5 Å². The van der Waals surface area contributed by atoms with Crippen molar-refractivity contribution in [3.8, 4) is 0 Å². The molecule has 2 heterocycles. The molecular weight excluding hydrogens is 413 g/mol. The number of rotatable bonds is 5. The van der Waals surface area contributed by atoms with E-state index in [2.05, 4.69) is 9.80 Å². The van der Waals surface area contributed by atoms with Gasteiger partial charge in [0.25, 0.3) is 11.8 Å². The average molecular weight is 434 g/mol. The molecule has 152 valence electrons. The Kier molecular flexibility index (Phi) is 5.79. The van der Waals surface area contributed by atoms with Gasteiger partial charge in [0.15, 0.2) is 0 Å². The number of piperazine rings is 1. The van der Waals surface area contributed by atoms with E-state index in [-0.39, 0.29) is 18.4 Å². The molecule has 2 aromatic carbocycles. The minimum Gasteiger partial charge on any atom is -0.390 e. The number of aliphatic hydroxyl groups excluding tert-OH is 1. The van der Waals surface area contributed by atoms with Crippen molar-refractivity contribution in [1.29, 1.82) is 0 Å². The SMILES string of the molecule is O=C1c2ccccc2C(=O)N1CC(O)CN1CCN(c2cc(Cl)cc(Cl)c2)CC1. The molecule has 2 amide bonds. The minimum atomic E-state index is -0.802. The number of aliphatic hydroxyl groups is 1. The number of hydrogen-bond acceptors (Lipinski definition) is 5. The Morgan fingerprint density at radius 1 is 0.862 bits per heavy atom. The molecule has 1 unspecified atom stereocenters. The number of nitrogens with zero attached hydrogens (tertiary/aromatic N) is 3. The Morgan fingerprint density at radius 2 is 1.41 bits per heavy atom. The Bertz CT molecular complexity index is 889. The number of imide groups is 1. The molecule has 1 atom stereocenters. The highest BCUT2D eigenvalue weighted by Gasteiger charge is 2.36. The molecule has 4 rings (SSSR count). The fourth-order valence-corrected chi connectivity index (χ4v) is 4.40. The quantitative estimate of drug-likeness (QED) is 0.734. The molecule has 2 aliphatic heterocycles. The highest BCUT2D eigenvalue weighted by atomic mass is 35.5. The summed E-state index contributed by atoms with van der Waals surface area (Å²) in [6.07, 6.45) is -0.802. The molecule has 1 fully saturated rings. The maximum absolute atomic E-state index is 12.4. The maximum atomic E-state index is 12.4. The van der Waals surface area contributed by atoms with Crippen LogP contribution in [-0.4, -0.2) is 72.1 Å². The Hall–Kier alpha value is -2.12. The third-order valence-corrected chi connectivity index (χ3v) is 5.76. The van der Waals surface area contributed by atoms with Crippen LogP contribution in [0.5, 0.6) is 0 Å². The molecule has 6 nitrogen and oxygen atoms in total. The van der Waals surface area contributed by atoms with E-state index in [1.54, 1.807) is 30.3 Å². The van der Waals surface area contributed by atoms with Crippen LogP contribution in [0, 0.1) is 0 Å². The largest absolute Gasteiger partial charge is 0.390 e. The number of carbonyl (C=O) groups excluding carboxylic acids is 2. The summed E-state index contributed by atoms with van der Waals surface area (Å²) in [7, 11) is 0. The van der Waals surface area contributed by atoms with Crippen molar-refractivity contribution < 1.29 is 14.7 Å². The van der Waals surface area contributed by atoms with Crippen molar-refractivity contribution in [2.75, 3.05) is 44.2 Å². The van der Waals surface area contributed by atoms with Gasteiger partial charge in [-0.2, -0.15) is 0 Å². The first-order valence-electron chi connectivity index (χ1n) is 9.49. The summed E-state index contributed by atoms with van der Waals surface area (Å²) in [6.45, 7) is 3.45. The van der Waals surface area contributed by atoms with Crippen molar-refractivity contribution in [3.63, 3.8) is 0 Å². The van der Waals surface area contributed by atoms with Gasteiger partial charge < -0.3 is 10.0 Å². The molecule has 2 aromatic rings. The number of carbonyl (C=O) groups is 2. The Morgan fingerprint density at radius 3 is 1.97 bits per heavy atom. The van der Waals surface area contributed by atoms with Gasteiger partial charge in [-0.1, -0.05) is 35.3 Å². The van der Waals surface area contributed by atoms with Crippen molar-refractivity contribution in [1.82, 2.24) is 9.80 Å². The van der Waals surface area contributed by atoms with Crippen LogP contribution in [0.4, 0.5) is 5.69 Å². The second-order valence-corrected chi connectivity index (χ2v) is 8.21. The fraction of sp³-hybridized carbons (Fsp3) is 0.333. The number of anilines is 1. The zero-order valence-corrected chi connectivity index (χ0v) is 17.2. The van der Waals surface area contributed by atoms with Gasteiger partial charge >= 0.3 is 0 Å². The monoisotopic (exact) mass is 433 g/mol. The van der Waals surface area contributed by atoms with Crippen LogP contribution in [0.3, 0.4) is 0 Å². The number of fused-ring (bicyclic) bond motifs is 1. The van der Waals surface area contributed by atoms with Crippen LogP contribution < -0.4 is 4.90 Å². The van der Waals surface area contributed by atoms with Crippen molar-refractivity contribution >= 4 is 40.7 Å². The first kappa shape index (κ1) is 20.2. The molecule has 0 bridgehead atoms. The molecule has 29 heavy (non-hydrogen) atoms. The van der Waals surface area contributed by atoms with E-state index >= 15 is 0 Å². The highest BCUT2D eigenvalue weighted by Crippen LogP contribution is 2.26. The van der Waals surface area contributed by atoms with Crippen molar-refractivity contribution in [3.05, 3.63) is 63.6 Å². The van der Waals surface area contributed by atoms with Gasteiger partial charge in [0, 0.05) is 48.5 Å². The lowest BCUT2D eigenvalue weighted by atomic mass is 10.1. The van der Waals surface area contributed by atoms with E-state index in [9.17, 15) is 14.7 Å². The van der Waals surface area contributed by atoms with Gasteiger partial charge in [0.05, 0.1) is 23.8 Å². The van der Waals surface area contributed by atoms with Crippen molar-refractivity contribution in [2.45, 2.75) is 6.10 Å². The fourth-order valence-electron chi connectivity index (χ4n) is 3.88. The number of benzene rings is 2. The summed E-state index contributed by atoms with van der Waals surface area (Å²) in [5.41, 5.74) is 1.78. The smallest absolute Gasteiger partial charge is 0.261 e.